The van der Waals surface area contributed by atoms with Crippen LogP contribution in [0.5, 0.6) is 0 Å². The van der Waals surface area contributed by atoms with Gasteiger partial charge in [0, 0.05) is 11.7 Å². The van der Waals surface area contributed by atoms with Crippen LogP contribution in [0.4, 0.5) is 0 Å². The van der Waals surface area contributed by atoms with Crippen LogP contribution < -0.4 is 16.8 Å². The Balaban J connectivity index is 2.98. The van der Waals surface area contributed by atoms with Crippen molar-refractivity contribution in [3.63, 3.8) is 0 Å². The summed E-state index contributed by atoms with van der Waals surface area (Å²) >= 11 is 7.71. The number of rotatable bonds is 4. The van der Waals surface area contributed by atoms with Gasteiger partial charge in [0.2, 0.25) is 0 Å². The highest BCUT2D eigenvalue weighted by atomic mass is 35.5. The standard InChI is InChI=1S/C11H21ClN4S/c1-4-6-17-10-15-9(12)8(13)11(14,16-10)7(3)5-2/h7H,4-6,13-14H2,1-3H3,(H,15,16). The molecular weight excluding hydrogens is 256 g/mol. The van der Waals surface area contributed by atoms with Crippen molar-refractivity contribution in [3.05, 3.63) is 10.9 Å². The number of thioether (sulfide) groups is 1. The van der Waals surface area contributed by atoms with Crippen molar-refractivity contribution < 1.29 is 0 Å². The molecule has 6 heteroatoms. The predicted molar refractivity (Wildman–Crippen MR) is 76.8 cm³/mol. The summed E-state index contributed by atoms with van der Waals surface area (Å²) < 4.78 is 0. The predicted octanol–water partition coefficient (Wildman–Crippen LogP) is 2.16. The molecule has 0 aromatic carbocycles. The molecule has 2 unspecified atom stereocenters. The molecule has 0 saturated carbocycles. The minimum Gasteiger partial charge on any atom is -0.396 e. The lowest BCUT2D eigenvalue weighted by Crippen LogP contribution is -2.53. The second kappa shape index (κ2) is 5.98. The van der Waals surface area contributed by atoms with Gasteiger partial charge >= 0.3 is 0 Å². The van der Waals surface area contributed by atoms with Crippen LogP contribution in [0.3, 0.4) is 0 Å². The van der Waals surface area contributed by atoms with E-state index >= 15 is 0 Å². The number of halogens is 1. The molecule has 0 aliphatic carbocycles. The van der Waals surface area contributed by atoms with Crippen LogP contribution in [-0.4, -0.2) is 16.6 Å². The summed E-state index contributed by atoms with van der Waals surface area (Å²) in [4.78, 5) is 4.53. The van der Waals surface area contributed by atoms with Gasteiger partial charge in [-0.3, -0.25) is 0 Å². The molecule has 2 atom stereocenters. The lowest BCUT2D eigenvalue weighted by atomic mass is 9.90. The highest BCUT2D eigenvalue weighted by Gasteiger charge is 2.38. The fourth-order valence-electron chi connectivity index (χ4n) is 1.55. The molecule has 4 nitrogen and oxygen atoms in total. The Kier molecular flexibility index (Phi) is 5.16. The van der Waals surface area contributed by atoms with Crippen LogP contribution in [0.25, 0.3) is 0 Å². The maximum Gasteiger partial charge on any atom is 0.164 e. The van der Waals surface area contributed by atoms with Crippen LogP contribution >= 0.6 is 23.4 Å². The number of nitrogens with zero attached hydrogens (tertiary/aromatic N) is 1. The Bertz CT molecular complexity index is 342. The zero-order chi connectivity index (χ0) is 13.1. The summed E-state index contributed by atoms with van der Waals surface area (Å²) in [5.74, 6) is 1.13. The molecule has 5 N–H and O–H groups in total. The third kappa shape index (κ3) is 3.09. The molecule has 17 heavy (non-hydrogen) atoms. The molecule has 0 saturated heterocycles. The SMILES string of the molecule is CCCSC1=NC(N)(C(C)CC)C(N)=C(Cl)N1. The van der Waals surface area contributed by atoms with E-state index in [-0.39, 0.29) is 5.92 Å². The summed E-state index contributed by atoms with van der Waals surface area (Å²) in [7, 11) is 0. The highest BCUT2D eigenvalue weighted by molar-refractivity contribution is 8.13. The van der Waals surface area contributed by atoms with Gasteiger partial charge in [-0.25, -0.2) is 4.99 Å². The summed E-state index contributed by atoms with van der Waals surface area (Å²) in [5.41, 5.74) is 11.8. The van der Waals surface area contributed by atoms with Gasteiger partial charge in [0.25, 0.3) is 0 Å². The Morgan fingerprint density at radius 1 is 1.53 bits per heavy atom. The monoisotopic (exact) mass is 276 g/mol. The van der Waals surface area contributed by atoms with Crippen LogP contribution in [0.2, 0.25) is 0 Å². The number of nitrogens with two attached hydrogens (primary N) is 2. The van der Waals surface area contributed by atoms with Crippen molar-refractivity contribution in [2.45, 2.75) is 39.3 Å². The second-order valence-corrected chi connectivity index (χ2v) is 5.71. The van der Waals surface area contributed by atoms with Crippen molar-refractivity contribution in [2.75, 3.05) is 5.75 Å². The number of amidine groups is 1. The number of hydrogen-bond donors (Lipinski definition) is 3. The molecule has 0 aromatic heterocycles. The quantitative estimate of drug-likeness (QED) is 0.688. The van der Waals surface area contributed by atoms with Gasteiger partial charge < -0.3 is 16.8 Å². The third-order valence-corrected chi connectivity index (χ3v) is 4.35. The minimum absolute atomic E-state index is 0.149. The molecule has 1 aliphatic rings. The number of hydrogen-bond acceptors (Lipinski definition) is 5. The van der Waals surface area contributed by atoms with E-state index in [4.69, 9.17) is 23.1 Å². The van der Waals surface area contributed by atoms with Crippen molar-refractivity contribution in [1.29, 1.82) is 0 Å². The zero-order valence-electron chi connectivity index (χ0n) is 10.6. The largest absolute Gasteiger partial charge is 0.396 e. The molecule has 98 valence electrons. The molecule has 0 amide bonds. The first kappa shape index (κ1) is 14.7. The fraction of sp³-hybridized carbons (Fsp3) is 0.727. The normalized spacial score (nSPS) is 26.5. The summed E-state index contributed by atoms with van der Waals surface area (Å²) in [5, 5.41) is 4.15. The summed E-state index contributed by atoms with van der Waals surface area (Å²) in [6.45, 7) is 6.22. The maximum atomic E-state index is 6.30. The molecule has 1 heterocycles. The minimum atomic E-state index is -0.882. The van der Waals surface area contributed by atoms with Crippen molar-refractivity contribution in [3.8, 4) is 0 Å². The van der Waals surface area contributed by atoms with E-state index in [1.54, 1.807) is 11.8 Å². The number of nitrogens with one attached hydrogen (secondary N) is 1. The van der Waals surface area contributed by atoms with E-state index in [9.17, 15) is 0 Å². The van der Waals surface area contributed by atoms with Gasteiger partial charge in [-0.05, 0) is 12.8 Å². The van der Waals surface area contributed by atoms with Gasteiger partial charge in [-0.15, -0.1) is 0 Å². The Hall–Kier alpha value is -0.390. The van der Waals surface area contributed by atoms with Gasteiger partial charge in [0.05, 0.1) is 5.70 Å². The Morgan fingerprint density at radius 3 is 2.71 bits per heavy atom. The molecule has 0 spiro atoms. The molecule has 1 aliphatic heterocycles. The van der Waals surface area contributed by atoms with Gasteiger partial charge in [0.1, 0.15) is 5.16 Å². The summed E-state index contributed by atoms with van der Waals surface area (Å²) in [6.07, 6.45) is 1.97. The molecule has 0 fully saturated rings. The first-order valence-corrected chi connectivity index (χ1v) is 7.26. The topological polar surface area (TPSA) is 76.4 Å². The lowest BCUT2D eigenvalue weighted by Gasteiger charge is -2.36. The third-order valence-electron chi connectivity index (χ3n) is 2.98. The van der Waals surface area contributed by atoms with E-state index in [1.165, 1.54) is 0 Å². The lowest BCUT2D eigenvalue weighted by molar-refractivity contribution is 0.335. The van der Waals surface area contributed by atoms with Crippen molar-refractivity contribution in [1.82, 2.24) is 5.32 Å². The molecule has 1 rings (SSSR count). The Morgan fingerprint density at radius 2 is 2.18 bits per heavy atom. The first-order chi connectivity index (χ1) is 7.95. The molecule has 0 aromatic rings. The van der Waals surface area contributed by atoms with Crippen LogP contribution in [0.15, 0.2) is 15.8 Å². The maximum absolute atomic E-state index is 6.30. The summed E-state index contributed by atoms with van der Waals surface area (Å²) in [6, 6.07) is 0. The van der Waals surface area contributed by atoms with Crippen molar-refractivity contribution in [2.24, 2.45) is 22.4 Å². The molecule has 0 bridgehead atoms. The van der Waals surface area contributed by atoms with E-state index < -0.39 is 5.66 Å². The van der Waals surface area contributed by atoms with Gasteiger partial charge in [-0.1, -0.05) is 44.1 Å². The van der Waals surface area contributed by atoms with Crippen molar-refractivity contribution >= 4 is 28.5 Å². The van der Waals surface area contributed by atoms with E-state index in [0.29, 0.717) is 10.9 Å². The molecular formula is C11H21ClN4S. The van der Waals surface area contributed by atoms with Gasteiger partial charge in [0.15, 0.2) is 10.8 Å². The van der Waals surface area contributed by atoms with E-state index in [1.807, 2.05) is 6.92 Å². The van der Waals surface area contributed by atoms with E-state index in [0.717, 1.165) is 23.8 Å². The second-order valence-electron chi connectivity index (χ2n) is 4.25. The van der Waals surface area contributed by atoms with E-state index in [2.05, 4.69) is 24.2 Å². The Labute approximate surface area is 112 Å². The average molecular weight is 277 g/mol. The van der Waals surface area contributed by atoms with Crippen LogP contribution in [0.1, 0.15) is 33.6 Å². The molecule has 0 radical (unpaired) electrons. The smallest absolute Gasteiger partial charge is 0.164 e. The average Bonchev–Trinajstić information content (AvgIpc) is 2.32. The first-order valence-electron chi connectivity index (χ1n) is 5.89. The highest BCUT2D eigenvalue weighted by Crippen LogP contribution is 2.31. The number of aliphatic imine (C=N–C) groups is 1. The van der Waals surface area contributed by atoms with Crippen LogP contribution in [-0.2, 0) is 0 Å². The fourth-order valence-corrected chi connectivity index (χ4v) is 2.63. The van der Waals surface area contributed by atoms with Gasteiger partial charge in [-0.2, -0.15) is 0 Å². The zero-order valence-corrected chi connectivity index (χ0v) is 12.2. The van der Waals surface area contributed by atoms with Crippen LogP contribution in [0, 0.1) is 5.92 Å².